The third-order valence-corrected chi connectivity index (χ3v) is 5.26. The van der Waals surface area contributed by atoms with Crippen LogP contribution in [-0.4, -0.2) is 17.4 Å². The minimum absolute atomic E-state index is 0.106. The first-order valence-electron chi connectivity index (χ1n) is 7.71. The lowest BCUT2D eigenvalue weighted by atomic mass is 9.72. The van der Waals surface area contributed by atoms with Gasteiger partial charge in [0.2, 0.25) is 5.91 Å². The molecule has 0 saturated heterocycles. The van der Waals surface area contributed by atoms with Crippen molar-refractivity contribution < 1.29 is 14.0 Å². The number of nitrogens with one attached hydrogen (secondary N) is 1. The van der Waals surface area contributed by atoms with Crippen LogP contribution in [-0.2, 0) is 4.79 Å². The second kappa shape index (κ2) is 5.34. The molecule has 0 spiro atoms. The van der Waals surface area contributed by atoms with Gasteiger partial charge in [-0.25, -0.2) is 4.39 Å². The van der Waals surface area contributed by atoms with Crippen LogP contribution >= 0.6 is 0 Å². The number of fused-ring (bicyclic) bond motifs is 2. The summed E-state index contributed by atoms with van der Waals surface area (Å²) < 4.78 is 13.5. The maximum absolute atomic E-state index is 13.5. The van der Waals surface area contributed by atoms with Gasteiger partial charge in [-0.1, -0.05) is 6.42 Å². The van der Waals surface area contributed by atoms with Crippen molar-refractivity contribution in [1.29, 1.82) is 5.26 Å². The number of nitriles is 1. The lowest BCUT2D eigenvalue weighted by molar-refractivity contribution is -0.128. The fourth-order valence-corrected chi connectivity index (χ4v) is 4.10. The molecule has 2 atom stereocenters. The summed E-state index contributed by atoms with van der Waals surface area (Å²) in [5, 5.41) is 11.9. The zero-order valence-corrected chi connectivity index (χ0v) is 12.7. The van der Waals surface area contributed by atoms with E-state index in [1.807, 2.05) is 6.07 Å². The molecule has 3 rings (SSSR count). The molecule has 0 aromatic heterocycles. The maximum atomic E-state index is 13.5. The molecule has 2 fully saturated rings. The van der Waals surface area contributed by atoms with E-state index in [1.54, 1.807) is 0 Å². The van der Waals surface area contributed by atoms with Crippen molar-refractivity contribution in [3.05, 3.63) is 35.1 Å². The number of carbonyl (C=O) groups excluding carboxylic acids is 2. The van der Waals surface area contributed by atoms with Gasteiger partial charge in [-0.05, 0) is 50.3 Å². The number of nitrogens with zero attached hydrogens (tertiary/aromatic N) is 1. The number of amides is 2. The number of carbonyl (C=O) groups is 2. The predicted octanol–water partition coefficient (Wildman–Crippen LogP) is 2.01. The zero-order chi connectivity index (χ0) is 16.7. The van der Waals surface area contributed by atoms with Crippen molar-refractivity contribution >= 4 is 11.8 Å². The molecule has 23 heavy (non-hydrogen) atoms. The Morgan fingerprint density at radius 1 is 1.22 bits per heavy atom. The van der Waals surface area contributed by atoms with Crippen LogP contribution in [0.3, 0.4) is 0 Å². The Kier molecular flexibility index (Phi) is 3.59. The summed E-state index contributed by atoms with van der Waals surface area (Å²) in [6, 6.07) is 5.41. The van der Waals surface area contributed by atoms with E-state index in [0.717, 1.165) is 31.4 Å². The van der Waals surface area contributed by atoms with Crippen LogP contribution < -0.4 is 11.1 Å². The van der Waals surface area contributed by atoms with Crippen LogP contribution in [0.25, 0.3) is 0 Å². The Morgan fingerprint density at radius 3 is 2.70 bits per heavy atom. The molecule has 0 unspecified atom stereocenters. The molecule has 5 nitrogen and oxygen atoms in total. The van der Waals surface area contributed by atoms with Gasteiger partial charge < -0.3 is 11.1 Å². The third kappa shape index (κ3) is 2.67. The van der Waals surface area contributed by atoms with E-state index in [-0.39, 0.29) is 17.0 Å². The van der Waals surface area contributed by atoms with E-state index in [9.17, 15) is 14.0 Å². The molecule has 2 bridgehead atoms. The van der Waals surface area contributed by atoms with Crippen LogP contribution in [0.5, 0.6) is 0 Å². The quantitative estimate of drug-likeness (QED) is 0.893. The molecular weight excluding hydrogens is 297 g/mol. The smallest absolute Gasteiger partial charge is 0.251 e. The summed E-state index contributed by atoms with van der Waals surface area (Å²) in [5.74, 6) is -1.33. The summed E-state index contributed by atoms with van der Waals surface area (Å²) in [6.45, 7) is 0. The topological polar surface area (TPSA) is 96.0 Å². The Bertz CT molecular complexity index is 727. The van der Waals surface area contributed by atoms with Crippen molar-refractivity contribution in [3.63, 3.8) is 0 Å². The average Bonchev–Trinajstić information content (AvgIpc) is 2.78. The van der Waals surface area contributed by atoms with E-state index >= 15 is 0 Å². The van der Waals surface area contributed by atoms with Gasteiger partial charge >= 0.3 is 0 Å². The molecule has 0 radical (unpaired) electrons. The van der Waals surface area contributed by atoms with Gasteiger partial charge in [-0.15, -0.1) is 0 Å². The van der Waals surface area contributed by atoms with E-state index < -0.39 is 22.7 Å². The lowest BCUT2D eigenvalue weighted by Crippen LogP contribution is -2.51. The monoisotopic (exact) mass is 315 g/mol. The molecule has 0 heterocycles. The summed E-state index contributed by atoms with van der Waals surface area (Å²) in [7, 11) is 0. The molecule has 1 aromatic rings. The van der Waals surface area contributed by atoms with E-state index in [1.165, 1.54) is 6.07 Å². The van der Waals surface area contributed by atoms with Crippen molar-refractivity contribution in [2.45, 2.75) is 44.1 Å². The van der Waals surface area contributed by atoms with E-state index in [2.05, 4.69) is 5.32 Å². The molecule has 6 heteroatoms. The van der Waals surface area contributed by atoms with Crippen molar-refractivity contribution in [2.75, 3.05) is 0 Å². The van der Waals surface area contributed by atoms with Gasteiger partial charge in [0.15, 0.2) is 0 Å². The van der Waals surface area contributed by atoms with Crippen molar-refractivity contribution in [2.24, 2.45) is 11.1 Å². The number of nitrogens with two attached hydrogens (primary N) is 1. The third-order valence-electron chi connectivity index (χ3n) is 5.26. The molecule has 3 N–H and O–H groups in total. The molecule has 1 aromatic carbocycles. The zero-order valence-electron chi connectivity index (χ0n) is 12.7. The minimum Gasteiger partial charge on any atom is -0.369 e. The van der Waals surface area contributed by atoms with Gasteiger partial charge in [0.05, 0.1) is 17.0 Å². The number of benzene rings is 1. The largest absolute Gasteiger partial charge is 0.369 e. The Labute approximate surface area is 133 Å². The number of halogens is 1. The number of primary amides is 1. The summed E-state index contributed by atoms with van der Waals surface area (Å²) in [5.41, 5.74) is 4.81. The normalized spacial score (nSPS) is 28.9. The summed E-state index contributed by atoms with van der Waals surface area (Å²) >= 11 is 0. The van der Waals surface area contributed by atoms with Crippen LogP contribution in [0.4, 0.5) is 4.39 Å². The Balaban J connectivity index is 1.82. The number of rotatable bonds is 3. The first-order valence-corrected chi connectivity index (χ1v) is 7.71. The Morgan fingerprint density at radius 2 is 2.00 bits per heavy atom. The van der Waals surface area contributed by atoms with Crippen LogP contribution in [0.1, 0.15) is 54.4 Å². The van der Waals surface area contributed by atoms with Crippen LogP contribution in [0, 0.1) is 22.6 Å². The SMILES string of the molecule is N#Cc1cc(F)cc(C(=O)N[C@]23CCC[C@](C(N)=O)(CC2)C3)c1. The second-order valence-corrected chi connectivity index (χ2v) is 6.75. The molecular formula is C17H18FN3O2. The molecule has 2 aliphatic rings. The molecule has 2 amide bonds. The summed E-state index contributed by atoms with van der Waals surface area (Å²) in [4.78, 5) is 24.3. The standard InChI is InChI=1S/C17H18FN3O2/c18-13-7-11(9-19)6-12(8-13)14(22)21-17-3-1-2-16(10-17,4-5-17)15(20)23/h6-8H,1-5,10H2,(H2,20,23)(H,21,22)/t16-,17+/m0/s1. The minimum atomic E-state index is -0.617. The highest BCUT2D eigenvalue weighted by Crippen LogP contribution is 2.53. The van der Waals surface area contributed by atoms with E-state index in [4.69, 9.17) is 11.0 Å². The van der Waals surface area contributed by atoms with Gasteiger partial charge in [0, 0.05) is 11.1 Å². The van der Waals surface area contributed by atoms with Crippen LogP contribution in [0.2, 0.25) is 0 Å². The first-order chi connectivity index (χ1) is 10.9. The number of hydrogen-bond donors (Lipinski definition) is 2. The molecule has 2 saturated carbocycles. The van der Waals surface area contributed by atoms with Gasteiger partial charge in [-0.3, -0.25) is 9.59 Å². The lowest BCUT2D eigenvalue weighted by Gasteiger charge is -2.38. The second-order valence-electron chi connectivity index (χ2n) is 6.75. The maximum Gasteiger partial charge on any atom is 0.251 e. The molecule has 120 valence electrons. The fraction of sp³-hybridized carbons (Fsp3) is 0.471. The highest BCUT2D eigenvalue weighted by atomic mass is 19.1. The Hall–Kier alpha value is -2.42. The van der Waals surface area contributed by atoms with Crippen molar-refractivity contribution in [1.82, 2.24) is 5.32 Å². The van der Waals surface area contributed by atoms with E-state index in [0.29, 0.717) is 19.3 Å². The molecule has 0 aliphatic heterocycles. The van der Waals surface area contributed by atoms with Crippen LogP contribution in [0.15, 0.2) is 18.2 Å². The van der Waals surface area contributed by atoms with Crippen molar-refractivity contribution in [3.8, 4) is 6.07 Å². The van der Waals surface area contributed by atoms with Gasteiger partial charge in [-0.2, -0.15) is 5.26 Å². The van der Waals surface area contributed by atoms with Gasteiger partial charge in [0.25, 0.3) is 5.91 Å². The highest BCUT2D eigenvalue weighted by molar-refractivity contribution is 5.95. The fourth-order valence-electron chi connectivity index (χ4n) is 4.10. The first kappa shape index (κ1) is 15.5. The number of hydrogen-bond acceptors (Lipinski definition) is 3. The highest BCUT2D eigenvalue weighted by Gasteiger charge is 2.54. The average molecular weight is 315 g/mol. The van der Waals surface area contributed by atoms with Gasteiger partial charge in [0.1, 0.15) is 5.82 Å². The molecule has 2 aliphatic carbocycles. The predicted molar refractivity (Wildman–Crippen MR) is 80.6 cm³/mol. The summed E-state index contributed by atoms with van der Waals surface area (Å²) in [6.07, 6.45) is 4.29.